The van der Waals surface area contributed by atoms with E-state index in [1.807, 2.05) is 75.4 Å². The van der Waals surface area contributed by atoms with Crippen LogP contribution < -0.4 is 10.1 Å². The molecule has 0 saturated heterocycles. The predicted octanol–water partition coefficient (Wildman–Crippen LogP) is 4.20. The number of nitrogens with one attached hydrogen (secondary N) is 1. The first-order valence-corrected chi connectivity index (χ1v) is 9.83. The summed E-state index contributed by atoms with van der Waals surface area (Å²) in [4.78, 5) is 20.4. The topological polar surface area (TPSA) is 63.2 Å². The van der Waals surface area contributed by atoms with Crippen molar-refractivity contribution in [3.63, 3.8) is 0 Å². The number of oxime groups is 1. The molecule has 0 aliphatic carbocycles. The number of rotatable bonds is 6. The number of methoxy groups -OCH3 is 1. The third-order valence-electron chi connectivity index (χ3n) is 4.56. The van der Waals surface area contributed by atoms with Gasteiger partial charge in [0.1, 0.15) is 5.75 Å². The highest BCUT2D eigenvalue weighted by Gasteiger charge is 2.29. The van der Waals surface area contributed by atoms with Crippen molar-refractivity contribution in [2.75, 3.05) is 13.7 Å². The molecule has 154 valence electrons. The average Bonchev–Trinajstić information content (AvgIpc) is 3.15. The number of para-hydroxylation sites is 1. The summed E-state index contributed by atoms with van der Waals surface area (Å²) in [5.41, 5.74) is 2.51. The van der Waals surface area contributed by atoms with Crippen LogP contribution in [0.5, 0.6) is 5.75 Å². The molecule has 0 aromatic heterocycles. The van der Waals surface area contributed by atoms with Gasteiger partial charge in [0.2, 0.25) is 0 Å². The van der Waals surface area contributed by atoms with Crippen LogP contribution in [-0.4, -0.2) is 41.9 Å². The number of nitrogens with zero attached hydrogens (tertiary/aromatic N) is 2. The Bertz CT molecular complexity index is 859. The Morgan fingerprint density at radius 1 is 1.17 bits per heavy atom. The summed E-state index contributed by atoms with van der Waals surface area (Å²) in [6, 6.07) is 17.6. The van der Waals surface area contributed by atoms with E-state index in [-0.39, 0.29) is 17.7 Å². The Balaban J connectivity index is 1.70. The zero-order valence-corrected chi connectivity index (χ0v) is 17.5. The van der Waals surface area contributed by atoms with E-state index in [9.17, 15) is 4.79 Å². The summed E-state index contributed by atoms with van der Waals surface area (Å²) in [7, 11) is 1.64. The first-order chi connectivity index (χ1) is 13.9. The lowest BCUT2D eigenvalue weighted by atomic mass is 10.0. The first kappa shape index (κ1) is 20.7. The van der Waals surface area contributed by atoms with E-state index in [0.717, 1.165) is 22.6 Å². The molecular formula is C23H29N3O3. The molecule has 0 spiro atoms. The SMILES string of the molecule is COc1ccccc1C1=NOC(CN(Cc2ccccc2)C(=O)NC(C)(C)C)C1. The summed E-state index contributed by atoms with van der Waals surface area (Å²) in [6.45, 7) is 6.87. The lowest BCUT2D eigenvalue weighted by molar-refractivity contribution is 0.0580. The molecule has 6 nitrogen and oxygen atoms in total. The van der Waals surface area contributed by atoms with E-state index >= 15 is 0 Å². The molecule has 1 heterocycles. The molecule has 2 amide bonds. The maximum Gasteiger partial charge on any atom is 0.318 e. The summed E-state index contributed by atoms with van der Waals surface area (Å²) >= 11 is 0. The molecule has 1 unspecified atom stereocenters. The van der Waals surface area contributed by atoms with Crippen molar-refractivity contribution in [3.05, 3.63) is 65.7 Å². The van der Waals surface area contributed by atoms with Gasteiger partial charge in [-0.25, -0.2) is 4.79 Å². The van der Waals surface area contributed by atoms with Gasteiger partial charge in [-0.15, -0.1) is 0 Å². The normalized spacial score (nSPS) is 16.0. The second-order valence-electron chi connectivity index (χ2n) is 8.22. The minimum absolute atomic E-state index is 0.115. The molecule has 0 saturated carbocycles. The second kappa shape index (κ2) is 8.99. The van der Waals surface area contributed by atoms with Crippen molar-refractivity contribution >= 4 is 11.7 Å². The highest BCUT2D eigenvalue weighted by atomic mass is 16.6. The number of hydrogen-bond donors (Lipinski definition) is 1. The van der Waals surface area contributed by atoms with Crippen molar-refractivity contribution in [2.24, 2.45) is 5.16 Å². The van der Waals surface area contributed by atoms with Crippen LogP contribution in [0.2, 0.25) is 0 Å². The van der Waals surface area contributed by atoms with Gasteiger partial charge in [-0.3, -0.25) is 0 Å². The van der Waals surface area contributed by atoms with Gasteiger partial charge in [-0.2, -0.15) is 0 Å². The maximum atomic E-state index is 12.9. The number of hydrogen-bond acceptors (Lipinski definition) is 4. The molecule has 1 aliphatic rings. The molecule has 0 fully saturated rings. The molecule has 1 N–H and O–H groups in total. The van der Waals surface area contributed by atoms with Gasteiger partial charge < -0.3 is 19.8 Å². The molecule has 0 bridgehead atoms. The summed E-state index contributed by atoms with van der Waals surface area (Å²) < 4.78 is 5.44. The predicted molar refractivity (Wildman–Crippen MR) is 114 cm³/mol. The van der Waals surface area contributed by atoms with Crippen LogP contribution in [0.25, 0.3) is 0 Å². The van der Waals surface area contributed by atoms with Crippen molar-refractivity contribution in [3.8, 4) is 5.75 Å². The fraction of sp³-hybridized carbons (Fsp3) is 0.391. The van der Waals surface area contributed by atoms with Crippen molar-refractivity contribution in [2.45, 2.75) is 45.4 Å². The number of amides is 2. The molecule has 2 aromatic rings. The van der Waals surface area contributed by atoms with E-state index in [1.165, 1.54) is 0 Å². The first-order valence-electron chi connectivity index (χ1n) is 9.83. The fourth-order valence-corrected chi connectivity index (χ4v) is 3.24. The maximum absolute atomic E-state index is 12.9. The Kier molecular flexibility index (Phi) is 6.42. The minimum atomic E-state index is -0.318. The molecule has 1 atom stereocenters. The van der Waals surface area contributed by atoms with Crippen molar-refractivity contribution in [1.29, 1.82) is 0 Å². The Morgan fingerprint density at radius 3 is 2.55 bits per heavy atom. The van der Waals surface area contributed by atoms with Crippen LogP contribution in [0.1, 0.15) is 38.3 Å². The lowest BCUT2D eigenvalue weighted by Crippen LogP contribution is -2.50. The highest BCUT2D eigenvalue weighted by molar-refractivity contribution is 6.03. The number of urea groups is 1. The summed E-state index contributed by atoms with van der Waals surface area (Å²) in [5, 5.41) is 7.32. The number of benzene rings is 2. The molecule has 29 heavy (non-hydrogen) atoms. The molecular weight excluding hydrogens is 366 g/mol. The molecule has 0 radical (unpaired) electrons. The molecule has 6 heteroatoms. The van der Waals surface area contributed by atoms with Crippen LogP contribution in [-0.2, 0) is 11.4 Å². The van der Waals surface area contributed by atoms with Crippen LogP contribution in [0.15, 0.2) is 59.8 Å². The molecule has 1 aliphatic heterocycles. The largest absolute Gasteiger partial charge is 0.496 e. The lowest BCUT2D eigenvalue weighted by Gasteiger charge is -2.29. The van der Waals surface area contributed by atoms with Crippen LogP contribution in [0.3, 0.4) is 0 Å². The van der Waals surface area contributed by atoms with E-state index in [2.05, 4.69) is 10.5 Å². The van der Waals surface area contributed by atoms with Gasteiger partial charge in [0.05, 0.1) is 19.4 Å². The van der Waals surface area contributed by atoms with Gasteiger partial charge in [0.15, 0.2) is 6.10 Å². The summed E-state index contributed by atoms with van der Waals surface area (Å²) in [5.74, 6) is 0.766. The Morgan fingerprint density at radius 2 is 1.86 bits per heavy atom. The summed E-state index contributed by atoms with van der Waals surface area (Å²) in [6.07, 6.45) is 0.415. The second-order valence-corrected chi connectivity index (χ2v) is 8.22. The van der Waals surface area contributed by atoms with Gasteiger partial charge in [-0.1, -0.05) is 47.6 Å². The molecule has 3 rings (SSSR count). The zero-order valence-electron chi connectivity index (χ0n) is 17.5. The standard InChI is InChI=1S/C23H29N3O3/c1-23(2,3)24-22(27)26(15-17-10-6-5-7-11-17)16-18-14-20(25-29-18)19-12-8-9-13-21(19)28-4/h5-13,18H,14-16H2,1-4H3,(H,24,27). The number of carbonyl (C=O) groups is 1. The smallest absolute Gasteiger partial charge is 0.318 e. The van der Waals surface area contributed by atoms with Gasteiger partial charge in [0.25, 0.3) is 0 Å². The zero-order chi connectivity index (χ0) is 20.9. The average molecular weight is 396 g/mol. The van der Waals surface area contributed by atoms with E-state index in [1.54, 1.807) is 12.0 Å². The fourth-order valence-electron chi connectivity index (χ4n) is 3.24. The number of carbonyl (C=O) groups excluding carboxylic acids is 1. The van der Waals surface area contributed by atoms with Crippen molar-refractivity contribution in [1.82, 2.24) is 10.2 Å². The Labute approximate surface area is 172 Å². The van der Waals surface area contributed by atoms with Gasteiger partial charge >= 0.3 is 6.03 Å². The minimum Gasteiger partial charge on any atom is -0.496 e. The van der Waals surface area contributed by atoms with Gasteiger partial charge in [0, 0.05) is 24.1 Å². The number of ether oxygens (including phenoxy) is 1. The third kappa shape index (κ3) is 5.73. The van der Waals surface area contributed by atoms with Crippen LogP contribution in [0.4, 0.5) is 4.79 Å². The van der Waals surface area contributed by atoms with Crippen LogP contribution >= 0.6 is 0 Å². The quantitative estimate of drug-likeness (QED) is 0.797. The molecule has 2 aromatic carbocycles. The third-order valence-corrected chi connectivity index (χ3v) is 4.56. The van der Waals surface area contributed by atoms with Gasteiger partial charge in [-0.05, 0) is 38.5 Å². The van der Waals surface area contributed by atoms with Crippen molar-refractivity contribution < 1.29 is 14.4 Å². The highest BCUT2D eigenvalue weighted by Crippen LogP contribution is 2.25. The van der Waals surface area contributed by atoms with E-state index in [4.69, 9.17) is 9.57 Å². The van der Waals surface area contributed by atoms with E-state index in [0.29, 0.717) is 19.5 Å². The van der Waals surface area contributed by atoms with Crippen LogP contribution in [0, 0.1) is 0 Å². The van der Waals surface area contributed by atoms with E-state index < -0.39 is 0 Å². The monoisotopic (exact) mass is 395 g/mol. The Hall–Kier alpha value is -3.02.